The maximum atomic E-state index is 12.3. The predicted molar refractivity (Wildman–Crippen MR) is 80.8 cm³/mol. The summed E-state index contributed by atoms with van der Waals surface area (Å²) in [5.41, 5.74) is 7.70. The van der Waals surface area contributed by atoms with Crippen molar-refractivity contribution < 1.29 is 4.79 Å². The molecule has 0 aliphatic carbocycles. The Hall–Kier alpha value is -2.07. The number of carbonyl (C=O) groups excluding carboxylic acids is 1. The zero-order valence-corrected chi connectivity index (χ0v) is 12.0. The molecule has 1 amide bonds. The molecule has 1 aromatic heterocycles. The molecule has 0 saturated carbocycles. The molecule has 1 heterocycles. The molecule has 20 heavy (non-hydrogen) atoms. The summed E-state index contributed by atoms with van der Waals surface area (Å²) in [6, 6.07) is 8.96. The van der Waals surface area contributed by atoms with Crippen LogP contribution >= 0.6 is 11.6 Å². The molecule has 2 rings (SSSR count). The van der Waals surface area contributed by atoms with Crippen molar-refractivity contribution in [3.05, 3.63) is 58.9 Å². The molecule has 0 saturated heterocycles. The van der Waals surface area contributed by atoms with Gasteiger partial charge in [-0.1, -0.05) is 17.7 Å². The molecule has 0 unspecified atom stereocenters. The van der Waals surface area contributed by atoms with Crippen LogP contribution in [0.2, 0.25) is 5.02 Å². The standard InChI is InChI=1S/C15H16ClN3O/c1-19(10-7-11-5-8-18-9-6-11)15(20)12-3-2-4-13(17)14(12)16/h2-6,8-9H,7,10,17H2,1H3. The molecule has 0 aliphatic rings. The number of aromatic nitrogens is 1. The highest BCUT2D eigenvalue weighted by Crippen LogP contribution is 2.24. The Bertz CT molecular complexity index is 601. The third-order valence-corrected chi connectivity index (χ3v) is 3.51. The van der Waals surface area contributed by atoms with Crippen molar-refractivity contribution >= 4 is 23.2 Å². The summed E-state index contributed by atoms with van der Waals surface area (Å²) in [5, 5.41) is 0.313. The average molecular weight is 290 g/mol. The minimum Gasteiger partial charge on any atom is -0.398 e. The molecular formula is C15H16ClN3O. The van der Waals surface area contributed by atoms with Crippen LogP contribution in [0.3, 0.4) is 0 Å². The highest BCUT2D eigenvalue weighted by molar-refractivity contribution is 6.36. The van der Waals surface area contributed by atoms with Gasteiger partial charge in [0.25, 0.3) is 5.91 Å². The lowest BCUT2D eigenvalue weighted by Gasteiger charge is -2.18. The molecule has 0 spiro atoms. The van der Waals surface area contributed by atoms with Gasteiger partial charge in [-0.3, -0.25) is 9.78 Å². The first kappa shape index (κ1) is 14.3. The quantitative estimate of drug-likeness (QED) is 0.880. The number of amides is 1. The fourth-order valence-corrected chi connectivity index (χ4v) is 2.08. The number of nitrogens with two attached hydrogens (primary N) is 1. The second kappa shape index (κ2) is 6.39. The summed E-state index contributed by atoms with van der Waals surface area (Å²) in [6.07, 6.45) is 4.25. The lowest BCUT2D eigenvalue weighted by atomic mass is 10.1. The monoisotopic (exact) mass is 289 g/mol. The molecule has 4 nitrogen and oxygen atoms in total. The Morgan fingerprint density at radius 3 is 2.70 bits per heavy atom. The van der Waals surface area contributed by atoms with Gasteiger partial charge in [0.15, 0.2) is 0 Å². The van der Waals surface area contributed by atoms with Crippen molar-refractivity contribution in [1.82, 2.24) is 9.88 Å². The largest absolute Gasteiger partial charge is 0.398 e. The van der Waals surface area contributed by atoms with Crippen molar-refractivity contribution in [2.75, 3.05) is 19.3 Å². The van der Waals surface area contributed by atoms with Gasteiger partial charge in [-0.25, -0.2) is 0 Å². The Morgan fingerprint density at radius 2 is 2.00 bits per heavy atom. The third kappa shape index (κ3) is 3.27. The summed E-state index contributed by atoms with van der Waals surface area (Å²) in [5.74, 6) is -0.128. The Labute approximate surface area is 123 Å². The number of carbonyl (C=O) groups is 1. The van der Waals surface area contributed by atoms with Crippen LogP contribution in [-0.4, -0.2) is 29.4 Å². The van der Waals surface area contributed by atoms with Crippen LogP contribution in [0.25, 0.3) is 0 Å². The van der Waals surface area contributed by atoms with E-state index >= 15 is 0 Å². The smallest absolute Gasteiger partial charge is 0.255 e. The molecule has 2 aromatic rings. The van der Waals surface area contributed by atoms with E-state index < -0.39 is 0 Å². The molecule has 2 N–H and O–H groups in total. The lowest BCUT2D eigenvalue weighted by Crippen LogP contribution is -2.29. The summed E-state index contributed by atoms with van der Waals surface area (Å²) in [4.78, 5) is 17.9. The number of nitrogens with zero attached hydrogens (tertiary/aromatic N) is 2. The zero-order valence-electron chi connectivity index (χ0n) is 11.2. The SMILES string of the molecule is CN(CCc1ccncc1)C(=O)c1cccc(N)c1Cl. The first-order valence-electron chi connectivity index (χ1n) is 6.28. The second-order valence-corrected chi connectivity index (χ2v) is 4.92. The Morgan fingerprint density at radius 1 is 1.30 bits per heavy atom. The Kier molecular flexibility index (Phi) is 4.58. The number of pyridine rings is 1. The first-order valence-corrected chi connectivity index (χ1v) is 6.65. The number of hydrogen-bond donors (Lipinski definition) is 1. The van der Waals surface area contributed by atoms with Gasteiger partial charge in [0.2, 0.25) is 0 Å². The van der Waals surface area contributed by atoms with Gasteiger partial charge >= 0.3 is 0 Å². The van der Waals surface area contributed by atoms with Crippen LogP contribution in [0.1, 0.15) is 15.9 Å². The fourth-order valence-electron chi connectivity index (χ4n) is 1.87. The molecular weight excluding hydrogens is 274 g/mol. The van der Waals surface area contributed by atoms with E-state index in [4.69, 9.17) is 17.3 Å². The number of halogens is 1. The fraction of sp³-hybridized carbons (Fsp3) is 0.200. The van der Waals surface area contributed by atoms with Gasteiger partial charge in [-0.2, -0.15) is 0 Å². The molecule has 0 radical (unpaired) electrons. The minimum atomic E-state index is -0.128. The molecule has 0 atom stereocenters. The van der Waals surface area contributed by atoms with Gasteiger partial charge in [-0.15, -0.1) is 0 Å². The molecule has 1 aromatic carbocycles. The van der Waals surface area contributed by atoms with E-state index in [1.807, 2.05) is 12.1 Å². The highest BCUT2D eigenvalue weighted by Gasteiger charge is 2.16. The van der Waals surface area contributed by atoms with Gasteiger partial charge in [0.05, 0.1) is 16.3 Å². The van der Waals surface area contributed by atoms with Crippen molar-refractivity contribution in [3.63, 3.8) is 0 Å². The van der Waals surface area contributed by atoms with E-state index in [1.165, 1.54) is 0 Å². The maximum absolute atomic E-state index is 12.3. The highest BCUT2D eigenvalue weighted by atomic mass is 35.5. The average Bonchev–Trinajstić information content (AvgIpc) is 2.48. The van der Waals surface area contributed by atoms with Crippen LogP contribution < -0.4 is 5.73 Å². The van der Waals surface area contributed by atoms with Crippen LogP contribution in [0.4, 0.5) is 5.69 Å². The molecule has 0 fully saturated rings. The normalized spacial score (nSPS) is 10.3. The third-order valence-electron chi connectivity index (χ3n) is 3.09. The Balaban J connectivity index is 2.04. The topological polar surface area (TPSA) is 59.2 Å². The summed E-state index contributed by atoms with van der Waals surface area (Å²) >= 11 is 6.07. The van der Waals surface area contributed by atoms with Gasteiger partial charge in [0.1, 0.15) is 0 Å². The van der Waals surface area contributed by atoms with Crippen molar-refractivity contribution in [1.29, 1.82) is 0 Å². The van der Waals surface area contributed by atoms with Crippen LogP contribution in [-0.2, 0) is 6.42 Å². The maximum Gasteiger partial charge on any atom is 0.255 e. The summed E-state index contributed by atoms with van der Waals surface area (Å²) in [7, 11) is 1.75. The van der Waals surface area contributed by atoms with Gasteiger partial charge < -0.3 is 10.6 Å². The first-order chi connectivity index (χ1) is 9.59. The number of anilines is 1. The minimum absolute atomic E-state index is 0.128. The van der Waals surface area contributed by atoms with Crippen molar-refractivity contribution in [3.8, 4) is 0 Å². The van der Waals surface area contributed by atoms with Crippen molar-refractivity contribution in [2.45, 2.75) is 6.42 Å². The van der Waals surface area contributed by atoms with Gasteiger partial charge in [0, 0.05) is 26.0 Å². The molecule has 0 aliphatic heterocycles. The molecule has 5 heteroatoms. The van der Waals surface area contributed by atoms with Crippen LogP contribution in [0.5, 0.6) is 0 Å². The number of likely N-dealkylation sites (N-methyl/N-ethyl adjacent to an activating group) is 1. The lowest BCUT2D eigenvalue weighted by molar-refractivity contribution is 0.0797. The number of rotatable bonds is 4. The van der Waals surface area contributed by atoms with Crippen molar-refractivity contribution in [2.24, 2.45) is 0 Å². The summed E-state index contributed by atoms with van der Waals surface area (Å²) < 4.78 is 0. The van der Waals surface area contributed by atoms with E-state index in [9.17, 15) is 4.79 Å². The van der Waals surface area contributed by atoms with E-state index in [0.717, 1.165) is 12.0 Å². The second-order valence-electron chi connectivity index (χ2n) is 4.54. The van der Waals surface area contributed by atoms with E-state index in [1.54, 1.807) is 42.5 Å². The van der Waals surface area contributed by atoms with E-state index in [-0.39, 0.29) is 5.91 Å². The van der Waals surface area contributed by atoms with Crippen LogP contribution in [0.15, 0.2) is 42.7 Å². The molecule has 0 bridgehead atoms. The summed E-state index contributed by atoms with van der Waals surface area (Å²) in [6.45, 7) is 0.605. The van der Waals surface area contributed by atoms with E-state index in [0.29, 0.717) is 22.8 Å². The molecule has 104 valence electrons. The van der Waals surface area contributed by atoms with E-state index in [2.05, 4.69) is 4.98 Å². The number of hydrogen-bond acceptors (Lipinski definition) is 3. The predicted octanol–water partition coefficient (Wildman–Crippen LogP) is 2.63. The number of nitrogen functional groups attached to an aromatic ring is 1. The van der Waals surface area contributed by atoms with Crippen LogP contribution in [0, 0.1) is 0 Å². The zero-order chi connectivity index (χ0) is 14.5. The number of benzene rings is 1. The van der Waals surface area contributed by atoms with Gasteiger partial charge in [-0.05, 0) is 36.2 Å².